The fourth-order valence-corrected chi connectivity index (χ4v) is 2.29. The molecule has 0 aromatic carbocycles. The van der Waals surface area contributed by atoms with Crippen LogP contribution in [0.2, 0.25) is 0 Å². The van der Waals surface area contributed by atoms with Gasteiger partial charge in [-0.05, 0) is 24.6 Å². The van der Waals surface area contributed by atoms with E-state index in [1.807, 2.05) is 18.3 Å². The van der Waals surface area contributed by atoms with Crippen LogP contribution in [-0.4, -0.2) is 10.5 Å². The smallest absolute Gasteiger partial charge is 0.244 e. The van der Waals surface area contributed by atoms with Crippen molar-refractivity contribution in [2.24, 2.45) is 5.73 Å². The predicted molar refractivity (Wildman–Crippen MR) is 62.0 cm³/mol. The Morgan fingerprint density at radius 3 is 3.24 bits per heavy atom. The molecule has 1 unspecified atom stereocenters. The van der Waals surface area contributed by atoms with Gasteiger partial charge in [0.1, 0.15) is 5.76 Å². The molecular weight excluding hydrogens is 218 g/mol. The van der Waals surface area contributed by atoms with Crippen LogP contribution in [0.15, 0.2) is 34.6 Å². The van der Waals surface area contributed by atoms with Crippen molar-refractivity contribution in [1.29, 1.82) is 0 Å². The third-order valence-electron chi connectivity index (χ3n) is 3.10. The summed E-state index contributed by atoms with van der Waals surface area (Å²) < 4.78 is 7.61. The first kappa shape index (κ1) is 10.2. The van der Waals surface area contributed by atoms with E-state index >= 15 is 0 Å². The van der Waals surface area contributed by atoms with Gasteiger partial charge in [-0.2, -0.15) is 0 Å². The molecule has 1 aliphatic carbocycles. The highest BCUT2D eigenvalue weighted by Gasteiger charge is 2.30. The summed E-state index contributed by atoms with van der Waals surface area (Å²) in [6.45, 7) is 0.719. The maximum absolute atomic E-state index is 11.3. The van der Waals surface area contributed by atoms with E-state index in [1.54, 1.807) is 12.3 Å². The van der Waals surface area contributed by atoms with E-state index in [4.69, 9.17) is 10.2 Å². The largest absolute Gasteiger partial charge is 0.463 e. The third kappa shape index (κ3) is 1.64. The van der Waals surface area contributed by atoms with E-state index in [1.165, 1.54) is 0 Å². The summed E-state index contributed by atoms with van der Waals surface area (Å²) in [4.78, 5) is 11.3. The van der Waals surface area contributed by atoms with Crippen molar-refractivity contribution in [3.05, 3.63) is 41.6 Å². The molecule has 5 heteroatoms. The van der Waals surface area contributed by atoms with Crippen LogP contribution < -0.4 is 11.1 Å². The van der Waals surface area contributed by atoms with Gasteiger partial charge in [0.25, 0.3) is 0 Å². The van der Waals surface area contributed by atoms with E-state index in [2.05, 4.69) is 9.88 Å². The summed E-state index contributed by atoms with van der Waals surface area (Å²) in [5.41, 5.74) is 6.99. The summed E-state index contributed by atoms with van der Waals surface area (Å²) >= 11 is 0. The van der Waals surface area contributed by atoms with Crippen molar-refractivity contribution < 1.29 is 9.21 Å². The van der Waals surface area contributed by atoms with Gasteiger partial charge in [0, 0.05) is 11.8 Å². The molecule has 0 spiro atoms. The van der Waals surface area contributed by atoms with Crippen LogP contribution in [-0.2, 0) is 11.5 Å². The highest BCUT2D eigenvalue weighted by molar-refractivity contribution is 5.97. The van der Waals surface area contributed by atoms with Crippen LogP contribution in [0.4, 0.5) is 0 Å². The van der Waals surface area contributed by atoms with Gasteiger partial charge in [-0.3, -0.25) is 10.1 Å². The van der Waals surface area contributed by atoms with Gasteiger partial charge in [-0.25, -0.2) is 0 Å². The number of nitrogens with zero attached hydrogens (tertiary/aromatic N) is 1. The summed E-state index contributed by atoms with van der Waals surface area (Å²) in [7, 11) is 0. The van der Waals surface area contributed by atoms with E-state index in [0.29, 0.717) is 17.8 Å². The van der Waals surface area contributed by atoms with Crippen LogP contribution in [0.5, 0.6) is 0 Å². The van der Waals surface area contributed by atoms with E-state index in [-0.39, 0.29) is 11.9 Å². The highest BCUT2D eigenvalue weighted by Crippen LogP contribution is 2.33. The number of nitrogens with two attached hydrogens (primary N) is 1. The average Bonchev–Trinajstić information content (AvgIpc) is 2.67. The number of carbonyl (C=O) groups excluding carboxylic acids is 1. The molecule has 0 bridgehead atoms. The molecule has 17 heavy (non-hydrogen) atoms. The van der Waals surface area contributed by atoms with E-state index in [0.717, 1.165) is 12.4 Å². The lowest BCUT2D eigenvalue weighted by Crippen LogP contribution is -2.22. The number of amides is 1. The van der Waals surface area contributed by atoms with Crippen molar-refractivity contribution in [3.63, 3.8) is 0 Å². The molecular formula is C12H13N3O2. The first-order valence-corrected chi connectivity index (χ1v) is 5.50. The molecule has 2 aliphatic rings. The fourth-order valence-electron chi connectivity index (χ4n) is 2.29. The van der Waals surface area contributed by atoms with Crippen molar-refractivity contribution in [2.45, 2.75) is 19.1 Å². The Morgan fingerprint density at radius 1 is 1.53 bits per heavy atom. The summed E-state index contributed by atoms with van der Waals surface area (Å²) in [5, 5.41) is 3.33. The van der Waals surface area contributed by atoms with Crippen molar-refractivity contribution in [1.82, 2.24) is 9.88 Å². The van der Waals surface area contributed by atoms with Gasteiger partial charge in [-0.15, -0.1) is 0 Å². The molecule has 1 atom stereocenters. The number of rotatable bonds is 1. The number of hydrogen-bond donors (Lipinski definition) is 2. The standard InChI is InChI=1S/C12H13N3O2/c13-12(16)8-5-9-11-10(6-8)17-4-2-1-3-15(11)7-14-9/h1-4,6,9,14H,5,7H2,(H2,13,16). The number of primary amides is 1. The number of hydrogen-bond acceptors (Lipinski definition) is 3. The lowest BCUT2D eigenvalue weighted by Gasteiger charge is -2.18. The quantitative estimate of drug-likeness (QED) is 0.759. The normalized spacial score (nSPS) is 20.5. The number of carbonyl (C=O) groups is 1. The second kappa shape index (κ2) is 3.78. The Bertz CT molecular complexity index is 552. The number of nitrogens with one attached hydrogen (secondary N) is 1. The van der Waals surface area contributed by atoms with E-state index < -0.39 is 0 Å². The third-order valence-corrected chi connectivity index (χ3v) is 3.10. The molecule has 5 nitrogen and oxygen atoms in total. The van der Waals surface area contributed by atoms with Crippen LogP contribution >= 0.6 is 0 Å². The zero-order valence-electron chi connectivity index (χ0n) is 9.22. The van der Waals surface area contributed by atoms with Gasteiger partial charge in [0.2, 0.25) is 5.91 Å². The molecule has 3 rings (SSSR count). The molecule has 0 radical (unpaired) electrons. The Labute approximate surface area is 98.2 Å². The SMILES string of the molecule is NC(=O)C1=Cc2occccn3c2C(C1)NC3. The topological polar surface area (TPSA) is 73.2 Å². The van der Waals surface area contributed by atoms with Gasteiger partial charge in [-0.1, -0.05) is 0 Å². The van der Waals surface area contributed by atoms with Crippen molar-refractivity contribution >= 4 is 12.0 Å². The molecule has 88 valence electrons. The molecule has 0 saturated carbocycles. The Kier molecular flexibility index (Phi) is 2.26. The minimum atomic E-state index is -0.387. The van der Waals surface area contributed by atoms with Gasteiger partial charge >= 0.3 is 0 Å². The summed E-state index contributed by atoms with van der Waals surface area (Å²) in [5.74, 6) is 0.308. The van der Waals surface area contributed by atoms with E-state index in [9.17, 15) is 4.79 Å². The lowest BCUT2D eigenvalue weighted by atomic mass is 9.96. The lowest BCUT2D eigenvalue weighted by molar-refractivity contribution is -0.114. The second-order valence-electron chi connectivity index (χ2n) is 4.16. The number of aromatic nitrogens is 1. The Hall–Kier alpha value is -2.01. The fraction of sp³-hybridized carbons (Fsp3) is 0.250. The minimum Gasteiger partial charge on any atom is -0.463 e. The van der Waals surface area contributed by atoms with Crippen LogP contribution in [0.1, 0.15) is 23.9 Å². The molecule has 1 aromatic heterocycles. The summed E-state index contributed by atoms with van der Waals surface area (Å²) in [6.07, 6.45) is 5.94. The highest BCUT2D eigenvalue weighted by atomic mass is 16.3. The minimum absolute atomic E-state index is 0.105. The molecule has 1 aromatic rings. The van der Waals surface area contributed by atoms with Crippen LogP contribution in [0, 0.1) is 0 Å². The second-order valence-corrected chi connectivity index (χ2v) is 4.16. The molecule has 3 N–H and O–H groups in total. The van der Waals surface area contributed by atoms with Crippen LogP contribution in [0.3, 0.4) is 0 Å². The maximum atomic E-state index is 11.3. The Morgan fingerprint density at radius 2 is 2.41 bits per heavy atom. The monoisotopic (exact) mass is 231 g/mol. The first-order valence-electron chi connectivity index (χ1n) is 5.50. The Balaban J connectivity index is 2.24. The first-order chi connectivity index (χ1) is 8.25. The summed E-state index contributed by atoms with van der Waals surface area (Å²) in [6, 6.07) is 3.83. The van der Waals surface area contributed by atoms with Gasteiger partial charge in [0.15, 0.2) is 0 Å². The maximum Gasteiger partial charge on any atom is 0.244 e. The van der Waals surface area contributed by atoms with Crippen molar-refractivity contribution in [2.75, 3.05) is 0 Å². The molecule has 1 aliphatic heterocycles. The zero-order valence-corrected chi connectivity index (χ0v) is 9.22. The molecule has 0 saturated heterocycles. The molecule has 2 heterocycles. The zero-order chi connectivity index (χ0) is 11.8. The van der Waals surface area contributed by atoms with Crippen LogP contribution in [0.25, 0.3) is 6.08 Å². The van der Waals surface area contributed by atoms with Gasteiger partial charge < -0.3 is 14.7 Å². The van der Waals surface area contributed by atoms with Gasteiger partial charge in [0.05, 0.1) is 24.7 Å². The average molecular weight is 231 g/mol. The molecule has 1 amide bonds. The predicted octanol–water partition coefficient (Wildman–Crippen LogP) is 1.08. The van der Waals surface area contributed by atoms with Crippen molar-refractivity contribution in [3.8, 4) is 0 Å². The molecule has 0 fully saturated rings.